The van der Waals surface area contributed by atoms with Crippen LogP contribution in [0.5, 0.6) is 5.75 Å². The lowest BCUT2D eigenvalue weighted by molar-refractivity contribution is -0.140. The van der Waals surface area contributed by atoms with Gasteiger partial charge in [-0.25, -0.2) is 8.42 Å². The summed E-state index contributed by atoms with van der Waals surface area (Å²) in [4.78, 5) is 29.8. The fourth-order valence-corrected chi connectivity index (χ4v) is 6.42. The first-order valence-corrected chi connectivity index (χ1v) is 16.5. The lowest BCUT2D eigenvalue weighted by Crippen LogP contribution is -2.53. The number of anilines is 1. The number of nitrogens with one attached hydrogen (secondary N) is 1. The van der Waals surface area contributed by atoms with E-state index >= 15 is 0 Å². The van der Waals surface area contributed by atoms with Gasteiger partial charge in [0.05, 0.1) is 17.7 Å². The second kappa shape index (κ2) is 15.4. The maximum absolute atomic E-state index is 14.5. The molecule has 9 heteroatoms. The summed E-state index contributed by atoms with van der Waals surface area (Å²) in [5.41, 5.74) is 3.88. The summed E-state index contributed by atoms with van der Waals surface area (Å²) in [6.45, 7) is 5.82. The maximum atomic E-state index is 14.5. The number of methoxy groups -OCH3 is 1. The number of rotatable bonds is 14. The fourth-order valence-electron chi connectivity index (χ4n) is 5.00. The highest BCUT2D eigenvalue weighted by molar-refractivity contribution is 7.92. The molecule has 0 saturated heterocycles. The molecule has 8 nitrogen and oxygen atoms in total. The van der Waals surface area contributed by atoms with Crippen molar-refractivity contribution >= 4 is 27.5 Å². The quantitative estimate of drug-likeness (QED) is 0.194. The second-order valence-electron chi connectivity index (χ2n) is 11.0. The SMILES string of the molecule is CCCNC(=O)[C@H](Cc1ccccc1)N(Cc1ccc(C)cc1)C(=O)CN(c1ccccc1OC)S(=O)(=O)c1ccc(C)cc1. The van der Waals surface area contributed by atoms with E-state index in [-0.39, 0.29) is 29.5 Å². The molecular formula is C36H41N3O5S. The molecule has 0 radical (unpaired) electrons. The Morgan fingerprint density at radius 1 is 0.800 bits per heavy atom. The van der Waals surface area contributed by atoms with Crippen molar-refractivity contribution in [2.75, 3.05) is 24.5 Å². The van der Waals surface area contributed by atoms with Crippen LogP contribution in [-0.4, -0.2) is 51.4 Å². The first-order valence-electron chi connectivity index (χ1n) is 15.0. The maximum Gasteiger partial charge on any atom is 0.264 e. The topological polar surface area (TPSA) is 96.0 Å². The standard InChI is InChI=1S/C36H41N3O5S/c1-5-23-37-36(41)33(24-29-11-7-6-8-12-29)38(25-30-19-15-27(2)16-20-30)35(40)26-39(32-13-9-10-14-34(32)44-4)45(42,43)31-21-17-28(3)18-22-31/h6-22,33H,5,23-26H2,1-4H3,(H,37,41)/t33-/m0/s1. The number of hydrogen-bond acceptors (Lipinski definition) is 5. The molecule has 236 valence electrons. The van der Waals surface area contributed by atoms with Crippen LogP contribution in [0.3, 0.4) is 0 Å². The molecule has 1 N–H and O–H groups in total. The molecule has 45 heavy (non-hydrogen) atoms. The molecule has 0 aliphatic carbocycles. The first-order chi connectivity index (χ1) is 21.6. The van der Waals surface area contributed by atoms with Crippen molar-refractivity contribution in [3.63, 3.8) is 0 Å². The van der Waals surface area contributed by atoms with Gasteiger partial charge in [0.1, 0.15) is 18.3 Å². The van der Waals surface area contributed by atoms with Gasteiger partial charge in [-0.05, 0) is 55.7 Å². The molecule has 4 rings (SSSR count). The normalized spacial score (nSPS) is 11.8. The average Bonchev–Trinajstić information content (AvgIpc) is 3.05. The van der Waals surface area contributed by atoms with Crippen molar-refractivity contribution in [3.8, 4) is 5.75 Å². The zero-order valence-electron chi connectivity index (χ0n) is 26.3. The molecule has 4 aromatic carbocycles. The first kappa shape index (κ1) is 33.3. The van der Waals surface area contributed by atoms with Crippen molar-refractivity contribution in [2.24, 2.45) is 0 Å². The Bertz CT molecular complexity index is 1670. The molecule has 1 atom stereocenters. The van der Waals surface area contributed by atoms with Crippen LogP contribution in [0.15, 0.2) is 108 Å². The van der Waals surface area contributed by atoms with Crippen LogP contribution >= 0.6 is 0 Å². The molecule has 2 amide bonds. The highest BCUT2D eigenvalue weighted by Gasteiger charge is 2.35. The zero-order valence-corrected chi connectivity index (χ0v) is 27.1. The summed E-state index contributed by atoms with van der Waals surface area (Å²) in [5.74, 6) is -0.524. The third-order valence-corrected chi connectivity index (χ3v) is 9.31. The Balaban J connectivity index is 1.82. The molecule has 0 bridgehead atoms. The van der Waals surface area contributed by atoms with Crippen LogP contribution < -0.4 is 14.4 Å². The number of amides is 2. The lowest BCUT2D eigenvalue weighted by Gasteiger charge is -2.34. The van der Waals surface area contributed by atoms with Crippen LogP contribution in [0.25, 0.3) is 0 Å². The minimum Gasteiger partial charge on any atom is -0.495 e. The van der Waals surface area contributed by atoms with Gasteiger partial charge in [-0.15, -0.1) is 0 Å². The molecular weight excluding hydrogens is 586 g/mol. The molecule has 0 spiro atoms. The van der Waals surface area contributed by atoms with Crippen molar-refractivity contribution in [2.45, 2.75) is 51.1 Å². The minimum absolute atomic E-state index is 0.0402. The van der Waals surface area contributed by atoms with Crippen LogP contribution in [-0.2, 0) is 32.6 Å². The predicted octanol–water partition coefficient (Wildman–Crippen LogP) is 5.67. The zero-order chi connectivity index (χ0) is 32.4. The van der Waals surface area contributed by atoms with Crippen molar-refractivity contribution in [3.05, 3.63) is 125 Å². The van der Waals surface area contributed by atoms with Crippen LogP contribution in [0, 0.1) is 13.8 Å². The summed E-state index contributed by atoms with van der Waals surface area (Å²) in [6, 6.07) is 29.5. The highest BCUT2D eigenvalue weighted by atomic mass is 32.2. The van der Waals surface area contributed by atoms with Gasteiger partial charge in [-0.1, -0.05) is 96.9 Å². The molecule has 0 unspecified atom stereocenters. The summed E-state index contributed by atoms with van der Waals surface area (Å²) < 4.78 is 35.1. The van der Waals surface area contributed by atoms with E-state index in [4.69, 9.17) is 4.74 Å². The molecule has 0 aliphatic heterocycles. The van der Waals surface area contributed by atoms with Crippen molar-refractivity contribution < 1.29 is 22.7 Å². The van der Waals surface area contributed by atoms with Gasteiger partial charge in [0.2, 0.25) is 11.8 Å². The van der Waals surface area contributed by atoms with E-state index in [1.54, 1.807) is 36.4 Å². The minimum atomic E-state index is -4.22. The lowest BCUT2D eigenvalue weighted by atomic mass is 10.0. The largest absolute Gasteiger partial charge is 0.495 e. The number of nitrogens with zero attached hydrogens (tertiary/aromatic N) is 2. The molecule has 0 heterocycles. The number of carbonyl (C=O) groups excluding carboxylic acids is 2. The Kier molecular flexibility index (Phi) is 11.4. The van der Waals surface area contributed by atoms with Crippen LogP contribution in [0.2, 0.25) is 0 Å². The molecule has 4 aromatic rings. The van der Waals surface area contributed by atoms with Crippen molar-refractivity contribution in [1.29, 1.82) is 0 Å². The van der Waals surface area contributed by atoms with Gasteiger partial charge in [0.25, 0.3) is 10.0 Å². The fraction of sp³-hybridized carbons (Fsp3) is 0.278. The molecule has 0 saturated carbocycles. The third-order valence-electron chi connectivity index (χ3n) is 7.54. The average molecular weight is 628 g/mol. The van der Waals surface area contributed by atoms with Gasteiger partial charge in [0, 0.05) is 19.5 Å². The van der Waals surface area contributed by atoms with E-state index in [1.165, 1.54) is 24.1 Å². The van der Waals surface area contributed by atoms with Gasteiger partial charge in [-0.2, -0.15) is 0 Å². The van der Waals surface area contributed by atoms with Gasteiger partial charge in [0.15, 0.2) is 0 Å². The van der Waals surface area contributed by atoms with Gasteiger partial charge < -0.3 is 15.0 Å². The third kappa shape index (κ3) is 8.51. The van der Waals surface area contributed by atoms with Gasteiger partial charge >= 0.3 is 0 Å². The molecule has 0 aromatic heterocycles. The summed E-state index contributed by atoms with van der Waals surface area (Å²) in [6.07, 6.45) is 0.986. The van der Waals surface area contributed by atoms with E-state index in [9.17, 15) is 18.0 Å². The smallest absolute Gasteiger partial charge is 0.264 e. The number of ether oxygens (including phenoxy) is 1. The van der Waals surface area contributed by atoms with Crippen molar-refractivity contribution in [1.82, 2.24) is 10.2 Å². The summed E-state index contributed by atoms with van der Waals surface area (Å²) in [5, 5.41) is 2.96. The Morgan fingerprint density at radius 3 is 2.02 bits per heavy atom. The number of benzene rings is 4. The van der Waals surface area contributed by atoms with Crippen LogP contribution in [0.4, 0.5) is 5.69 Å². The van der Waals surface area contributed by atoms with E-state index in [0.29, 0.717) is 12.3 Å². The monoisotopic (exact) mass is 627 g/mol. The highest BCUT2D eigenvalue weighted by Crippen LogP contribution is 2.32. The Labute approximate surface area is 266 Å². The van der Waals surface area contributed by atoms with E-state index in [0.717, 1.165) is 33.0 Å². The second-order valence-corrected chi connectivity index (χ2v) is 12.9. The predicted molar refractivity (Wildman–Crippen MR) is 178 cm³/mol. The number of hydrogen-bond donors (Lipinski definition) is 1. The molecule has 0 fully saturated rings. The number of carbonyl (C=O) groups is 2. The number of para-hydroxylation sites is 2. The van der Waals surface area contributed by atoms with Gasteiger partial charge in [-0.3, -0.25) is 13.9 Å². The van der Waals surface area contributed by atoms with E-state index in [2.05, 4.69) is 5.32 Å². The summed E-state index contributed by atoms with van der Waals surface area (Å²) in [7, 11) is -2.77. The summed E-state index contributed by atoms with van der Waals surface area (Å²) >= 11 is 0. The Morgan fingerprint density at radius 2 is 1.40 bits per heavy atom. The molecule has 0 aliphatic rings. The van der Waals surface area contributed by atoms with E-state index in [1.807, 2.05) is 75.4 Å². The number of sulfonamides is 1. The van der Waals surface area contributed by atoms with E-state index < -0.39 is 28.5 Å². The Hall–Kier alpha value is -4.63. The number of aryl methyl sites for hydroxylation is 2. The van der Waals surface area contributed by atoms with Crippen LogP contribution in [0.1, 0.15) is 35.6 Å².